The molecule has 1 aromatic rings. The summed E-state index contributed by atoms with van der Waals surface area (Å²) in [7, 11) is 3.13. The Hall–Kier alpha value is -1.39. The Balaban J connectivity index is 0.00000576. The van der Waals surface area contributed by atoms with Gasteiger partial charge in [-0.3, -0.25) is 4.99 Å². The lowest BCUT2D eigenvalue weighted by molar-refractivity contribution is -0.132. The van der Waals surface area contributed by atoms with Crippen LogP contribution in [0.15, 0.2) is 23.2 Å². The van der Waals surface area contributed by atoms with Crippen molar-refractivity contribution in [3.63, 3.8) is 0 Å². The second kappa shape index (κ2) is 12.0. The van der Waals surface area contributed by atoms with Crippen LogP contribution < -0.4 is 20.1 Å². The van der Waals surface area contributed by atoms with Crippen molar-refractivity contribution in [3.05, 3.63) is 23.8 Å². The predicted molar refractivity (Wildman–Crippen MR) is 103 cm³/mol. The summed E-state index contributed by atoms with van der Waals surface area (Å²) in [6.07, 6.45) is -4.45. The highest BCUT2D eigenvalue weighted by Gasteiger charge is 2.26. The van der Waals surface area contributed by atoms with Crippen LogP contribution in [0.5, 0.6) is 11.5 Å². The summed E-state index contributed by atoms with van der Waals surface area (Å²) < 4.78 is 46.9. The highest BCUT2D eigenvalue weighted by Crippen LogP contribution is 2.27. The summed E-state index contributed by atoms with van der Waals surface area (Å²) in [5.74, 6) is 1.67. The average molecular weight is 475 g/mol. The van der Waals surface area contributed by atoms with Crippen LogP contribution in [-0.4, -0.2) is 46.0 Å². The number of halogens is 4. The molecule has 0 heterocycles. The molecule has 0 amide bonds. The van der Waals surface area contributed by atoms with E-state index in [0.717, 1.165) is 5.56 Å². The normalized spacial score (nSPS) is 11.5. The molecule has 144 valence electrons. The van der Waals surface area contributed by atoms with Crippen molar-refractivity contribution < 1.29 is 22.6 Å². The molecule has 9 heteroatoms. The quantitative estimate of drug-likeness (QED) is 0.344. The molecule has 0 fully saturated rings. The molecule has 0 spiro atoms. The number of hydrogen-bond acceptors (Lipinski definition) is 3. The Labute approximate surface area is 163 Å². The first-order valence-corrected chi connectivity index (χ1v) is 7.69. The van der Waals surface area contributed by atoms with Crippen molar-refractivity contribution >= 4 is 29.9 Å². The minimum atomic E-state index is -4.19. The van der Waals surface area contributed by atoms with Gasteiger partial charge in [0.2, 0.25) is 0 Å². The number of nitrogens with zero attached hydrogens (tertiary/aromatic N) is 1. The standard InChI is InChI=1S/C16H24F3N3O2.HI/c1-4-20-15(22-10-8-16(17,18)19)21-9-7-12-5-6-13(23-2)14(11-12)24-3;/h5-6,11H,4,7-10H2,1-3H3,(H2,20,21,22);1H. The van der Waals surface area contributed by atoms with Gasteiger partial charge in [-0.15, -0.1) is 24.0 Å². The molecule has 0 unspecified atom stereocenters. The number of guanidine groups is 1. The van der Waals surface area contributed by atoms with Gasteiger partial charge < -0.3 is 20.1 Å². The summed E-state index contributed by atoms with van der Waals surface area (Å²) in [5.41, 5.74) is 1.02. The maximum Gasteiger partial charge on any atom is 0.390 e. The third kappa shape index (κ3) is 9.61. The fourth-order valence-corrected chi connectivity index (χ4v) is 2.00. The van der Waals surface area contributed by atoms with Crippen LogP contribution in [0.4, 0.5) is 13.2 Å². The summed E-state index contributed by atoms with van der Waals surface area (Å²) >= 11 is 0. The van der Waals surface area contributed by atoms with Crippen molar-refractivity contribution in [3.8, 4) is 11.5 Å². The first kappa shape index (κ1) is 23.6. The second-order valence-electron chi connectivity index (χ2n) is 4.99. The van der Waals surface area contributed by atoms with E-state index in [4.69, 9.17) is 9.47 Å². The maximum absolute atomic E-state index is 12.2. The molecule has 0 aliphatic heterocycles. The van der Waals surface area contributed by atoms with Crippen LogP contribution in [0, 0.1) is 0 Å². The lowest BCUT2D eigenvalue weighted by Crippen LogP contribution is -2.38. The third-order valence-electron chi connectivity index (χ3n) is 3.16. The zero-order valence-corrected chi connectivity index (χ0v) is 16.9. The highest BCUT2D eigenvalue weighted by atomic mass is 127. The smallest absolute Gasteiger partial charge is 0.390 e. The molecule has 0 aliphatic carbocycles. The number of nitrogens with one attached hydrogen (secondary N) is 2. The van der Waals surface area contributed by atoms with E-state index in [1.165, 1.54) is 0 Å². The van der Waals surface area contributed by atoms with Crippen LogP contribution in [0.3, 0.4) is 0 Å². The van der Waals surface area contributed by atoms with E-state index in [9.17, 15) is 13.2 Å². The lowest BCUT2D eigenvalue weighted by atomic mass is 10.1. The molecule has 0 bridgehead atoms. The fraction of sp³-hybridized carbons (Fsp3) is 0.562. The van der Waals surface area contributed by atoms with Gasteiger partial charge in [0.15, 0.2) is 17.5 Å². The lowest BCUT2D eigenvalue weighted by Gasteiger charge is -2.13. The Morgan fingerprint density at radius 1 is 1.12 bits per heavy atom. The number of alkyl halides is 3. The van der Waals surface area contributed by atoms with Gasteiger partial charge in [-0.25, -0.2) is 0 Å². The number of benzene rings is 1. The maximum atomic E-state index is 12.2. The minimum Gasteiger partial charge on any atom is -0.493 e. The van der Waals surface area contributed by atoms with E-state index < -0.39 is 12.6 Å². The van der Waals surface area contributed by atoms with Crippen LogP contribution >= 0.6 is 24.0 Å². The van der Waals surface area contributed by atoms with E-state index in [1.807, 2.05) is 25.1 Å². The SMILES string of the molecule is CCNC(=NCCC(F)(F)F)NCCc1ccc(OC)c(OC)c1.I. The first-order chi connectivity index (χ1) is 11.4. The van der Waals surface area contributed by atoms with Crippen LogP contribution in [-0.2, 0) is 6.42 Å². The van der Waals surface area contributed by atoms with E-state index >= 15 is 0 Å². The highest BCUT2D eigenvalue weighted by molar-refractivity contribution is 14.0. The van der Waals surface area contributed by atoms with Gasteiger partial charge in [0, 0.05) is 13.1 Å². The zero-order valence-electron chi connectivity index (χ0n) is 14.6. The summed E-state index contributed by atoms with van der Waals surface area (Å²) in [5, 5.41) is 5.94. The molecule has 0 saturated heterocycles. The van der Waals surface area contributed by atoms with E-state index in [-0.39, 0.29) is 30.5 Å². The second-order valence-corrected chi connectivity index (χ2v) is 4.99. The topological polar surface area (TPSA) is 54.9 Å². The summed E-state index contributed by atoms with van der Waals surface area (Å²) in [4.78, 5) is 3.92. The number of ether oxygens (including phenoxy) is 2. The number of hydrogen-bond donors (Lipinski definition) is 2. The van der Waals surface area contributed by atoms with E-state index in [2.05, 4.69) is 15.6 Å². The molecule has 5 nitrogen and oxygen atoms in total. The molecule has 1 rings (SSSR count). The number of methoxy groups -OCH3 is 2. The van der Waals surface area contributed by atoms with E-state index in [0.29, 0.717) is 37.0 Å². The predicted octanol–water partition coefficient (Wildman–Crippen LogP) is 3.37. The summed E-state index contributed by atoms with van der Waals surface area (Å²) in [6, 6.07) is 5.60. The van der Waals surface area contributed by atoms with Crippen molar-refractivity contribution in [2.75, 3.05) is 33.9 Å². The van der Waals surface area contributed by atoms with Crippen molar-refractivity contribution in [2.24, 2.45) is 4.99 Å². The fourth-order valence-electron chi connectivity index (χ4n) is 2.00. The summed E-state index contributed by atoms with van der Waals surface area (Å²) in [6.45, 7) is 2.67. The van der Waals surface area contributed by atoms with E-state index in [1.54, 1.807) is 14.2 Å². The Kier molecular flexibility index (Phi) is 11.4. The number of rotatable bonds is 8. The molecule has 25 heavy (non-hydrogen) atoms. The first-order valence-electron chi connectivity index (χ1n) is 7.69. The molecular formula is C16H25F3IN3O2. The molecule has 0 saturated carbocycles. The molecule has 0 aliphatic rings. The Bertz CT molecular complexity index is 540. The molecule has 1 aromatic carbocycles. The number of aliphatic imine (C=N–C) groups is 1. The Morgan fingerprint density at radius 3 is 2.36 bits per heavy atom. The van der Waals surface area contributed by atoms with Gasteiger partial charge in [-0.05, 0) is 31.0 Å². The van der Waals surface area contributed by atoms with Gasteiger partial charge in [-0.1, -0.05) is 6.07 Å². The van der Waals surface area contributed by atoms with Crippen molar-refractivity contribution in [1.82, 2.24) is 10.6 Å². The molecule has 0 aromatic heterocycles. The van der Waals surface area contributed by atoms with Crippen molar-refractivity contribution in [2.45, 2.75) is 25.9 Å². The van der Waals surface area contributed by atoms with Gasteiger partial charge >= 0.3 is 6.18 Å². The van der Waals surface area contributed by atoms with Gasteiger partial charge in [0.1, 0.15) is 0 Å². The monoisotopic (exact) mass is 475 g/mol. The van der Waals surface area contributed by atoms with Gasteiger partial charge in [0.05, 0.1) is 27.2 Å². The zero-order chi connectivity index (χ0) is 18.0. The Morgan fingerprint density at radius 2 is 1.80 bits per heavy atom. The van der Waals surface area contributed by atoms with Gasteiger partial charge in [0.25, 0.3) is 0 Å². The van der Waals surface area contributed by atoms with Crippen LogP contribution in [0.1, 0.15) is 18.9 Å². The average Bonchev–Trinajstić information content (AvgIpc) is 2.53. The minimum absolute atomic E-state index is 0. The van der Waals surface area contributed by atoms with Crippen LogP contribution in [0.2, 0.25) is 0 Å². The third-order valence-corrected chi connectivity index (χ3v) is 3.16. The van der Waals surface area contributed by atoms with Crippen LogP contribution in [0.25, 0.3) is 0 Å². The van der Waals surface area contributed by atoms with Gasteiger partial charge in [-0.2, -0.15) is 13.2 Å². The molecule has 0 atom stereocenters. The molecule has 2 N–H and O–H groups in total. The largest absolute Gasteiger partial charge is 0.493 e. The van der Waals surface area contributed by atoms with Crippen molar-refractivity contribution in [1.29, 1.82) is 0 Å². The molecular weight excluding hydrogens is 450 g/mol. The molecule has 0 radical (unpaired) electrons.